The Morgan fingerprint density at radius 2 is 2.13 bits per heavy atom. The van der Waals surface area contributed by atoms with Crippen LogP contribution in [0, 0.1) is 5.92 Å². The van der Waals surface area contributed by atoms with Crippen LogP contribution in [-0.4, -0.2) is 43.2 Å². The van der Waals surface area contributed by atoms with E-state index in [1.165, 1.54) is 11.3 Å². The molecule has 0 aliphatic heterocycles. The maximum atomic E-state index is 11.5. The van der Waals surface area contributed by atoms with Crippen molar-refractivity contribution in [1.29, 1.82) is 0 Å². The zero-order valence-electron chi connectivity index (χ0n) is 13.8. The first-order valence-corrected chi connectivity index (χ1v) is 8.97. The Morgan fingerprint density at radius 1 is 1.39 bits per heavy atom. The average molecular weight is 338 g/mol. The normalized spacial score (nSPS) is 17.4. The minimum absolute atomic E-state index is 0.148. The third-order valence-corrected chi connectivity index (χ3v) is 4.73. The lowest BCUT2D eigenvalue weighted by Gasteiger charge is -2.20. The number of aliphatic imine (C=N–C) groups is 1. The van der Waals surface area contributed by atoms with Crippen LogP contribution in [0.2, 0.25) is 0 Å². The van der Waals surface area contributed by atoms with Crippen molar-refractivity contribution in [2.75, 3.05) is 26.2 Å². The molecule has 128 valence electrons. The molecule has 6 nitrogen and oxygen atoms in total. The summed E-state index contributed by atoms with van der Waals surface area (Å²) in [5, 5.41) is 21.7. The second-order valence-electron chi connectivity index (χ2n) is 5.94. The van der Waals surface area contributed by atoms with Crippen LogP contribution >= 0.6 is 11.3 Å². The van der Waals surface area contributed by atoms with Crippen LogP contribution in [0.25, 0.3) is 0 Å². The molecule has 2 rings (SSSR count). The molecule has 1 aromatic heterocycles. The van der Waals surface area contributed by atoms with Crippen molar-refractivity contribution in [3.63, 3.8) is 0 Å². The third kappa shape index (κ3) is 5.84. The highest BCUT2D eigenvalue weighted by molar-refractivity contribution is 7.10. The Kier molecular flexibility index (Phi) is 6.41. The number of hydrogen-bond donors (Lipinski definition) is 4. The van der Waals surface area contributed by atoms with Crippen LogP contribution in [0.5, 0.6) is 0 Å². The lowest BCUT2D eigenvalue weighted by molar-refractivity contribution is -0.122. The lowest BCUT2D eigenvalue weighted by Crippen LogP contribution is -2.42. The van der Waals surface area contributed by atoms with Gasteiger partial charge in [0.15, 0.2) is 5.96 Å². The molecule has 4 N–H and O–H groups in total. The highest BCUT2D eigenvalue weighted by Crippen LogP contribution is 2.28. The quantitative estimate of drug-likeness (QED) is 0.324. The number of guanidine groups is 1. The topological polar surface area (TPSA) is 85.8 Å². The summed E-state index contributed by atoms with van der Waals surface area (Å²) in [5.41, 5.74) is -0.975. The zero-order chi connectivity index (χ0) is 16.7. The van der Waals surface area contributed by atoms with Gasteiger partial charge in [0.2, 0.25) is 5.91 Å². The van der Waals surface area contributed by atoms with Crippen molar-refractivity contribution < 1.29 is 9.90 Å². The maximum Gasteiger partial charge on any atom is 0.223 e. The number of nitrogens with zero attached hydrogens (tertiary/aromatic N) is 1. The van der Waals surface area contributed by atoms with E-state index in [0.29, 0.717) is 19.0 Å². The number of aliphatic hydroxyl groups is 1. The number of amides is 1. The van der Waals surface area contributed by atoms with E-state index in [-0.39, 0.29) is 18.4 Å². The molecule has 1 amide bonds. The van der Waals surface area contributed by atoms with Crippen LogP contribution in [0.4, 0.5) is 0 Å². The molecule has 7 heteroatoms. The number of carbonyl (C=O) groups excluding carboxylic acids is 1. The van der Waals surface area contributed by atoms with Crippen molar-refractivity contribution in [3.8, 4) is 0 Å². The SMILES string of the molecule is CCNC(=NCC(C)(O)c1cccs1)NCCNC(=O)C1CC1. The number of rotatable bonds is 8. The summed E-state index contributed by atoms with van der Waals surface area (Å²) in [4.78, 5) is 16.9. The molecule has 0 bridgehead atoms. The fourth-order valence-corrected chi connectivity index (χ4v) is 2.87. The smallest absolute Gasteiger partial charge is 0.223 e. The molecular formula is C16H26N4O2S. The van der Waals surface area contributed by atoms with Gasteiger partial charge in [0, 0.05) is 30.4 Å². The summed E-state index contributed by atoms with van der Waals surface area (Å²) in [7, 11) is 0. The number of nitrogens with one attached hydrogen (secondary N) is 3. The highest BCUT2D eigenvalue weighted by Gasteiger charge is 2.29. The second kappa shape index (κ2) is 8.31. The van der Waals surface area contributed by atoms with Gasteiger partial charge < -0.3 is 21.1 Å². The first kappa shape index (κ1) is 17.7. The summed E-state index contributed by atoms with van der Waals surface area (Å²) in [5.74, 6) is 1.03. The highest BCUT2D eigenvalue weighted by atomic mass is 32.1. The molecular weight excluding hydrogens is 312 g/mol. The van der Waals surface area contributed by atoms with Crippen LogP contribution in [0.1, 0.15) is 31.6 Å². The molecule has 1 fully saturated rings. The van der Waals surface area contributed by atoms with E-state index in [2.05, 4.69) is 20.9 Å². The molecule has 0 radical (unpaired) electrons. The molecule has 0 spiro atoms. The summed E-state index contributed by atoms with van der Waals surface area (Å²) in [6, 6.07) is 3.83. The summed E-state index contributed by atoms with van der Waals surface area (Å²) >= 11 is 1.52. The molecule has 0 saturated heterocycles. The average Bonchev–Trinajstić information content (AvgIpc) is 3.22. The fraction of sp³-hybridized carbons (Fsp3) is 0.625. The van der Waals surface area contributed by atoms with Gasteiger partial charge in [0.25, 0.3) is 0 Å². The van der Waals surface area contributed by atoms with Gasteiger partial charge in [-0.3, -0.25) is 4.79 Å². The van der Waals surface area contributed by atoms with Crippen molar-refractivity contribution in [2.45, 2.75) is 32.3 Å². The molecule has 1 aromatic rings. The zero-order valence-corrected chi connectivity index (χ0v) is 14.6. The fourth-order valence-electron chi connectivity index (χ4n) is 2.09. The van der Waals surface area contributed by atoms with Gasteiger partial charge in [-0.25, -0.2) is 4.99 Å². The molecule has 0 aromatic carbocycles. The van der Waals surface area contributed by atoms with Gasteiger partial charge >= 0.3 is 0 Å². The van der Waals surface area contributed by atoms with E-state index in [0.717, 1.165) is 24.3 Å². The molecule has 1 aliphatic rings. The molecule has 1 atom stereocenters. The van der Waals surface area contributed by atoms with Gasteiger partial charge in [-0.15, -0.1) is 11.3 Å². The minimum Gasteiger partial charge on any atom is -0.383 e. The molecule has 1 heterocycles. The number of hydrogen-bond acceptors (Lipinski definition) is 4. The minimum atomic E-state index is -0.975. The predicted octanol–water partition coefficient (Wildman–Crippen LogP) is 1.04. The summed E-state index contributed by atoms with van der Waals surface area (Å²) < 4.78 is 0. The van der Waals surface area contributed by atoms with Crippen molar-refractivity contribution in [1.82, 2.24) is 16.0 Å². The van der Waals surface area contributed by atoms with E-state index >= 15 is 0 Å². The van der Waals surface area contributed by atoms with Crippen molar-refractivity contribution in [2.24, 2.45) is 10.9 Å². The van der Waals surface area contributed by atoms with Crippen LogP contribution in [0.3, 0.4) is 0 Å². The largest absolute Gasteiger partial charge is 0.383 e. The third-order valence-electron chi connectivity index (χ3n) is 3.61. The molecule has 23 heavy (non-hydrogen) atoms. The molecule has 1 aliphatic carbocycles. The molecule has 1 unspecified atom stereocenters. The van der Waals surface area contributed by atoms with Crippen LogP contribution < -0.4 is 16.0 Å². The van der Waals surface area contributed by atoms with E-state index in [4.69, 9.17) is 0 Å². The van der Waals surface area contributed by atoms with E-state index in [9.17, 15) is 9.90 Å². The van der Waals surface area contributed by atoms with Gasteiger partial charge in [-0.2, -0.15) is 0 Å². The molecule has 1 saturated carbocycles. The maximum absolute atomic E-state index is 11.5. The summed E-state index contributed by atoms with van der Waals surface area (Å²) in [6.07, 6.45) is 2.03. The van der Waals surface area contributed by atoms with Gasteiger partial charge in [-0.1, -0.05) is 6.07 Å². The number of carbonyl (C=O) groups is 1. The monoisotopic (exact) mass is 338 g/mol. The van der Waals surface area contributed by atoms with Gasteiger partial charge in [0.05, 0.1) is 6.54 Å². The van der Waals surface area contributed by atoms with E-state index in [1.807, 2.05) is 24.4 Å². The first-order valence-electron chi connectivity index (χ1n) is 8.09. The van der Waals surface area contributed by atoms with E-state index < -0.39 is 5.60 Å². The standard InChI is InChI=1S/C16H26N4O2S/c1-3-17-15(19-9-8-18-14(21)12-6-7-12)20-11-16(2,22)13-5-4-10-23-13/h4-5,10,12,22H,3,6-9,11H2,1-2H3,(H,18,21)(H2,17,19,20). The Bertz CT molecular complexity index is 524. The van der Waals surface area contributed by atoms with Gasteiger partial charge in [0.1, 0.15) is 5.60 Å². The summed E-state index contributed by atoms with van der Waals surface area (Å²) in [6.45, 7) is 5.94. The Labute approximate surface area is 141 Å². The Hall–Kier alpha value is -1.60. The van der Waals surface area contributed by atoms with Crippen molar-refractivity contribution in [3.05, 3.63) is 22.4 Å². The van der Waals surface area contributed by atoms with Gasteiger partial charge in [-0.05, 0) is 38.1 Å². The van der Waals surface area contributed by atoms with Crippen LogP contribution in [-0.2, 0) is 10.4 Å². The Morgan fingerprint density at radius 3 is 2.74 bits per heavy atom. The number of thiophene rings is 1. The van der Waals surface area contributed by atoms with E-state index in [1.54, 1.807) is 6.92 Å². The second-order valence-corrected chi connectivity index (χ2v) is 6.89. The predicted molar refractivity (Wildman–Crippen MR) is 93.6 cm³/mol. The van der Waals surface area contributed by atoms with Crippen molar-refractivity contribution >= 4 is 23.2 Å². The van der Waals surface area contributed by atoms with Crippen LogP contribution in [0.15, 0.2) is 22.5 Å². The lowest BCUT2D eigenvalue weighted by atomic mass is 10.1. The first-order chi connectivity index (χ1) is 11.0. The Balaban J connectivity index is 1.78.